The second-order valence-electron chi connectivity index (χ2n) is 5.14. The lowest BCUT2D eigenvalue weighted by molar-refractivity contribution is 0.0971. The molecule has 0 bridgehead atoms. The summed E-state index contributed by atoms with van der Waals surface area (Å²) in [4.78, 5) is 16.4. The van der Waals surface area contributed by atoms with Gasteiger partial charge in [0.2, 0.25) is 0 Å². The predicted octanol–water partition coefficient (Wildman–Crippen LogP) is 3.90. The van der Waals surface area contributed by atoms with Crippen LogP contribution in [0.1, 0.15) is 40.0 Å². The van der Waals surface area contributed by atoms with Gasteiger partial charge in [-0.25, -0.2) is 9.37 Å². The van der Waals surface area contributed by atoms with Gasteiger partial charge in [-0.2, -0.15) is 5.26 Å². The Morgan fingerprint density at radius 3 is 2.77 bits per heavy atom. The van der Waals surface area contributed by atoms with Gasteiger partial charge in [0.05, 0.1) is 11.3 Å². The molecule has 0 radical (unpaired) electrons. The van der Waals surface area contributed by atoms with Gasteiger partial charge in [-0.05, 0) is 36.6 Å². The minimum atomic E-state index is -0.267. The zero-order valence-corrected chi connectivity index (χ0v) is 12.6. The van der Waals surface area contributed by atoms with Crippen LogP contribution in [0.2, 0.25) is 0 Å². The normalized spacial score (nSPS) is 13.5. The van der Waals surface area contributed by atoms with Crippen LogP contribution in [0.4, 0.5) is 4.39 Å². The fourth-order valence-electron chi connectivity index (χ4n) is 2.44. The second-order valence-corrected chi connectivity index (χ2v) is 6.10. The maximum Gasteiger partial charge on any atom is 0.164 e. The highest BCUT2D eigenvalue weighted by Gasteiger charge is 2.21. The minimum Gasteiger partial charge on any atom is -0.294 e. The van der Waals surface area contributed by atoms with Crippen LogP contribution in [0.5, 0.6) is 0 Å². The van der Waals surface area contributed by atoms with E-state index in [2.05, 4.69) is 11.1 Å². The molecule has 22 heavy (non-hydrogen) atoms. The average molecular weight is 312 g/mol. The van der Waals surface area contributed by atoms with Crippen molar-refractivity contribution in [2.24, 2.45) is 0 Å². The first-order chi connectivity index (χ1) is 10.7. The number of halogens is 1. The van der Waals surface area contributed by atoms with E-state index in [4.69, 9.17) is 0 Å². The Morgan fingerprint density at radius 1 is 1.27 bits per heavy atom. The van der Waals surface area contributed by atoms with Crippen LogP contribution in [-0.2, 0) is 12.2 Å². The van der Waals surface area contributed by atoms with Crippen molar-refractivity contribution in [3.63, 3.8) is 0 Å². The molecule has 0 unspecified atom stereocenters. The van der Waals surface area contributed by atoms with Crippen molar-refractivity contribution in [1.82, 2.24) is 4.98 Å². The Labute approximate surface area is 132 Å². The fourth-order valence-corrected chi connectivity index (χ4v) is 3.37. The SMILES string of the molecule is N#Cc1cc2c(nc1SCc1ccc(F)cc1)CCCC2=O. The number of hydrogen-bond donors (Lipinski definition) is 0. The average Bonchev–Trinajstić information content (AvgIpc) is 2.54. The summed E-state index contributed by atoms with van der Waals surface area (Å²) in [6, 6.07) is 10.1. The van der Waals surface area contributed by atoms with Crippen LogP contribution >= 0.6 is 11.8 Å². The number of aromatic nitrogens is 1. The van der Waals surface area contributed by atoms with E-state index >= 15 is 0 Å². The van der Waals surface area contributed by atoms with Crippen molar-refractivity contribution in [1.29, 1.82) is 5.26 Å². The number of carbonyl (C=O) groups excluding carboxylic acids is 1. The molecule has 1 aromatic carbocycles. The molecule has 0 fully saturated rings. The zero-order chi connectivity index (χ0) is 15.5. The van der Waals surface area contributed by atoms with E-state index < -0.39 is 0 Å². The molecule has 1 aliphatic rings. The van der Waals surface area contributed by atoms with Crippen molar-refractivity contribution in [3.05, 3.63) is 58.5 Å². The quantitative estimate of drug-likeness (QED) is 0.807. The molecule has 1 heterocycles. The van der Waals surface area contributed by atoms with E-state index in [0.717, 1.165) is 24.1 Å². The molecule has 0 amide bonds. The number of rotatable bonds is 3. The summed E-state index contributed by atoms with van der Waals surface area (Å²) in [6.07, 6.45) is 2.12. The van der Waals surface area contributed by atoms with E-state index in [0.29, 0.717) is 28.3 Å². The number of carbonyl (C=O) groups is 1. The Kier molecular flexibility index (Phi) is 4.21. The van der Waals surface area contributed by atoms with Crippen LogP contribution in [-0.4, -0.2) is 10.8 Å². The first-order valence-electron chi connectivity index (χ1n) is 7.02. The summed E-state index contributed by atoms with van der Waals surface area (Å²) in [5, 5.41) is 9.91. The Hall–Kier alpha value is -2.19. The van der Waals surface area contributed by atoms with E-state index in [1.54, 1.807) is 18.2 Å². The molecule has 0 N–H and O–H groups in total. The van der Waals surface area contributed by atoms with Crippen LogP contribution in [0.25, 0.3) is 0 Å². The van der Waals surface area contributed by atoms with Crippen molar-refractivity contribution in [3.8, 4) is 6.07 Å². The molecule has 0 saturated carbocycles. The van der Waals surface area contributed by atoms with Crippen LogP contribution in [0, 0.1) is 17.1 Å². The molecule has 110 valence electrons. The maximum atomic E-state index is 12.9. The Balaban J connectivity index is 1.85. The highest BCUT2D eigenvalue weighted by Crippen LogP contribution is 2.29. The molecule has 3 nitrogen and oxygen atoms in total. The molecular weight excluding hydrogens is 299 g/mol. The molecule has 0 spiro atoms. The number of hydrogen-bond acceptors (Lipinski definition) is 4. The van der Waals surface area contributed by atoms with Gasteiger partial charge in [-0.1, -0.05) is 12.1 Å². The predicted molar refractivity (Wildman–Crippen MR) is 82.2 cm³/mol. The van der Waals surface area contributed by atoms with E-state index in [9.17, 15) is 14.4 Å². The minimum absolute atomic E-state index is 0.0698. The number of nitrogens with zero attached hydrogens (tertiary/aromatic N) is 2. The number of pyridine rings is 1. The molecule has 2 aromatic rings. The molecule has 1 aliphatic carbocycles. The largest absolute Gasteiger partial charge is 0.294 e. The number of thioether (sulfide) groups is 1. The lowest BCUT2D eigenvalue weighted by Gasteiger charge is -2.15. The highest BCUT2D eigenvalue weighted by molar-refractivity contribution is 7.98. The third-order valence-corrected chi connectivity index (χ3v) is 4.66. The summed E-state index contributed by atoms with van der Waals surface area (Å²) < 4.78 is 12.9. The Morgan fingerprint density at radius 2 is 2.05 bits per heavy atom. The van der Waals surface area contributed by atoms with Gasteiger partial charge >= 0.3 is 0 Å². The van der Waals surface area contributed by atoms with Gasteiger partial charge in [0, 0.05) is 17.7 Å². The molecule has 3 rings (SSSR count). The number of benzene rings is 1. The first kappa shape index (κ1) is 14.7. The lowest BCUT2D eigenvalue weighted by Crippen LogP contribution is -2.13. The summed E-state index contributed by atoms with van der Waals surface area (Å²) in [7, 11) is 0. The van der Waals surface area contributed by atoms with Crippen molar-refractivity contribution in [2.75, 3.05) is 0 Å². The first-order valence-corrected chi connectivity index (χ1v) is 8.00. The topological polar surface area (TPSA) is 53.8 Å². The lowest BCUT2D eigenvalue weighted by atomic mass is 9.94. The second kappa shape index (κ2) is 6.29. The number of fused-ring (bicyclic) bond motifs is 1. The third kappa shape index (κ3) is 3.02. The number of ketones is 1. The third-order valence-electron chi connectivity index (χ3n) is 3.59. The van der Waals surface area contributed by atoms with Gasteiger partial charge in [-0.15, -0.1) is 11.8 Å². The molecule has 1 aromatic heterocycles. The van der Waals surface area contributed by atoms with E-state index in [1.165, 1.54) is 23.9 Å². The standard InChI is InChI=1S/C17H13FN2OS/c18-13-6-4-11(5-7-13)10-22-17-12(9-19)8-14-15(20-17)2-1-3-16(14)21/h4-8H,1-3,10H2. The summed E-state index contributed by atoms with van der Waals surface area (Å²) >= 11 is 1.44. The molecule has 0 aliphatic heterocycles. The van der Waals surface area contributed by atoms with E-state index in [-0.39, 0.29) is 11.6 Å². The summed E-state index contributed by atoms with van der Waals surface area (Å²) in [5.41, 5.74) is 2.78. The molecule has 0 saturated heterocycles. The number of nitriles is 1. The van der Waals surface area contributed by atoms with Gasteiger partial charge < -0.3 is 0 Å². The number of Topliss-reactive ketones (excluding diaryl/α,β-unsaturated/α-hetero) is 1. The van der Waals surface area contributed by atoms with Gasteiger partial charge in [-0.3, -0.25) is 4.79 Å². The van der Waals surface area contributed by atoms with Crippen LogP contribution in [0.15, 0.2) is 35.4 Å². The van der Waals surface area contributed by atoms with Gasteiger partial charge in [0.25, 0.3) is 0 Å². The van der Waals surface area contributed by atoms with Crippen molar-refractivity contribution >= 4 is 17.5 Å². The highest BCUT2D eigenvalue weighted by atomic mass is 32.2. The Bertz CT molecular complexity index is 765. The summed E-state index contributed by atoms with van der Waals surface area (Å²) in [6.45, 7) is 0. The summed E-state index contributed by atoms with van der Waals surface area (Å²) in [5.74, 6) is 0.409. The molecule has 0 atom stereocenters. The molecule has 5 heteroatoms. The zero-order valence-electron chi connectivity index (χ0n) is 11.8. The molecular formula is C17H13FN2OS. The fraction of sp³-hybridized carbons (Fsp3) is 0.235. The smallest absolute Gasteiger partial charge is 0.164 e. The number of aryl methyl sites for hydroxylation is 1. The van der Waals surface area contributed by atoms with Gasteiger partial charge in [0.1, 0.15) is 16.9 Å². The maximum absolute atomic E-state index is 12.9. The monoisotopic (exact) mass is 312 g/mol. The van der Waals surface area contributed by atoms with Crippen molar-refractivity contribution in [2.45, 2.75) is 30.0 Å². The van der Waals surface area contributed by atoms with Gasteiger partial charge in [0.15, 0.2) is 5.78 Å². The van der Waals surface area contributed by atoms with Crippen LogP contribution < -0.4 is 0 Å². The van der Waals surface area contributed by atoms with Crippen molar-refractivity contribution < 1.29 is 9.18 Å². The van der Waals surface area contributed by atoms with E-state index in [1.807, 2.05) is 0 Å². The van der Waals surface area contributed by atoms with Crippen LogP contribution in [0.3, 0.4) is 0 Å².